The molecule has 0 bridgehead atoms. The van der Waals surface area contributed by atoms with Crippen LogP contribution in [0.4, 0.5) is 0 Å². The van der Waals surface area contributed by atoms with E-state index in [0.717, 1.165) is 17.7 Å². The summed E-state index contributed by atoms with van der Waals surface area (Å²) < 4.78 is 5.28. The van der Waals surface area contributed by atoms with Crippen LogP contribution in [0.15, 0.2) is 18.2 Å². The molecule has 0 amide bonds. The summed E-state index contributed by atoms with van der Waals surface area (Å²) in [5.41, 5.74) is 14.0. The molecule has 0 aliphatic carbocycles. The fourth-order valence-corrected chi connectivity index (χ4v) is 1.67. The molecule has 2 unspecified atom stereocenters. The third-order valence-corrected chi connectivity index (χ3v) is 2.41. The first-order valence-corrected chi connectivity index (χ1v) is 5.20. The molecule has 1 rings (SSSR count). The zero-order chi connectivity index (χ0) is 11.4. The fourth-order valence-electron chi connectivity index (χ4n) is 1.67. The maximum atomic E-state index is 6.08. The summed E-state index contributed by atoms with van der Waals surface area (Å²) in [5, 5.41) is 0. The van der Waals surface area contributed by atoms with Crippen molar-refractivity contribution in [3.63, 3.8) is 0 Å². The third-order valence-electron chi connectivity index (χ3n) is 2.41. The second-order valence-corrected chi connectivity index (χ2v) is 4.06. The van der Waals surface area contributed by atoms with Crippen LogP contribution in [0, 0.1) is 6.92 Å². The number of nitrogens with two attached hydrogens (primary N) is 2. The van der Waals surface area contributed by atoms with Gasteiger partial charge in [-0.15, -0.1) is 0 Å². The molecule has 0 radical (unpaired) electrons. The summed E-state index contributed by atoms with van der Waals surface area (Å²) in [6, 6.07) is 6.07. The lowest BCUT2D eigenvalue weighted by molar-refractivity contribution is 0.402. The fraction of sp³-hybridized carbons (Fsp3) is 0.500. The highest BCUT2D eigenvalue weighted by Crippen LogP contribution is 2.27. The highest BCUT2D eigenvalue weighted by Gasteiger charge is 2.13. The van der Waals surface area contributed by atoms with Crippen molar-refractivity contribution in [2.24, 2.45) is 11.5 Å². The van der Waals surface area contributed by atoms with Crippen LogP contribution in [0.25, 0.3) is 0 Å². The molecule has 4 N–H and O–H groups in total. The summed E-state index contributed by atoms with van der Waals surface area (Å²) in [6.07, 6.45) is 0.764. The van der Waals surface area contributed by atoms with Gasteiger partial charge in [0.15, 0.2) is 0 Å². The second kappa shape index (κ2) is 5.14. The van der Waals surface area contributed by atoms with Crippen molar-refractivity contribution in [2.45, 2.75) is 32.4 Å². The first-order valence-electron chi connectivity index (χ1n) is 5.20. The number of hydrogen-bond donors (Lipinski definition) is 2. The summed E-state index contributed by atoms with van der Waals surface area (Å²) >= 11 is 0. The lowest BCUT2D eigenvalue weighted by atomic mass is 9.98. The lowest BCUT2D eigenvalue weighted by Gasteiger charge is -2.18. The number of benzene rings is 1. The van der Waals surface area contributed by atoms with Gasteiger partial charge < -0.3 is 16.2 Å². The Morgan fingerprint density at radius 2 is 2.00 bits per heavy atom. The molecule has 1 aromatic carbocycles. The van der Waals surface area contributed by atoms with Crippen LogP contribution in [-0.2, 0) is 0 Å². The number of ether oxygens (including phenoxy) is 1. The van der Waals surface area contributed by atoms with E-state index in [2.05, 4.69) is 6.07 Å². The topological polar surface area (TPSA) is 61.3 Å². The smallest absolute Gasteiger partial charge is 0.123 e. The van der Waals surface area contributed by atoms with Gasteiger partial charge in [0.05, 0.1) is 7.11 Å². The Labute approximate surface area is 91.4 Å². The van der Waals surface area contributed by atoms with Gasteiger partial charge in [0.25, 0.3) is 0 Å². The predicted octanol–water partition coefficient (Wildman–Crippen LogP) is 1.74. The molecular weight excluding hydrogens is 188 g/mol. The van der Waals surface area contributed by atoms with Gasteiger partial charge in [0.2, 0.25) is 0 Å². The molecule has 0 aliphatic rings. The van der Waals surface area contributed by atoms with Crippen LogP contribution in [0.2, 0.25) is 0 Å². The summed E-state index contributed by atoms with van der Waals surface area (Å²) in [4.78, 5) is 0. The zero-order valence-corrected chi connectivity index (χ0v) is 9.66. The Balaban J connectivity index is 2.94. The van der Waals surface area contributed by atoms with Crippen molar-refractivity contribution in [3.8, 4) is 5.75 Å². The van der Waals surface area contributed by atoms with E-state index in [1.165, 1.54) is 5.56 Å². The zero-order valence-electron chi connectivity index (χ0n) is 9.66. The molecule has 2 atom stereocenters. The monoisotopic (exact) mass is 208 g/mol. The van der Waals surface area contributed by atoms with Crippen molar-refractivity contribution in [1.82, 2.24) is 0 Å². The molecule has 3 nitrogen and oxygen atoms in total. The van der Waals surface area contributed by atoms with E-state index in [4.69, 9.17) is 16.2 Å². The minimum Gasteiger partial charge on any atom is -0.496 e. The molecule has 0 saturated carbocycles. The van der Waals surface area contributed by atoms with Crippen molar-refractivity contribution in [3.05, 3.63) is 29.3 Å². The van der Waals surface area contributed by atoms with Gasteiger partial charge in [0, 0.05) is 17.6 Å². The number of aryl methyl sites for hydroxylation is 1. The molecular formula is C12H20N2O. The molecule has 0 saturated heterocycles. The van der Waals surface area contributed by atoms with Crippen LogP contribution in [-0.4, -0.2) is 13.2 Å². The Bertz CT molecular complexity index is 323. The molecule has 0 aliphatic heterocycles. The van der Waals surface area contributed by atoms with Crippen molar-refractivity contribution >= 4 is 0 Å². The Hall–Kier alpha value is -1.06. The van der Waals surface area contributed by atoms with Crippen LogP contribution < -0.4 is 16.2 Å². The van der Waals surface area contributed by atoms with Gasteiger partial charge in [-0.1, -0.05) is 17.7 Å². The van der Waals surface area contributed by atoms with Crippen LogP contribution in [0.1, 0.15) is 30.5 Å². The molecule has 0 fully saturated rings. The van der Waals surface area contributed by atoms with E-state index in [1.54, 1.807) is 7.11 Å². The molecule has 15 heavy (non-hydrogen) atoms. The van der Waals surface area contributed by atoms with Gasteiger partial charge in [-0.05, 0) is 26.3 Å². The first kappa shape index (κ1) is 12.0. The Morgan fingerprint density at radius 3 is 2.53 bits per heavy atom. The Kier molecular flexibility index (Phi) is 4.12. The SMILES string of the molecule is COc1ccc(C)cc1C(N)CC(C)N. The summed E-state index contributed by atoms with van der Waals surface area (Å²) in [7, 11) is 1.66. The van der Waals surface area contributed by atoms with E-state index in [1.807, 2.05) is 26.0 Å². The van der Waals surface area contributed by atoms with Crippen LogP contribution in [0.3, 0.4) is 0 Å². The largest absolute Gasteiger partial charge is 0.496 e. The van der Waals surface area contributed by atoms with Gasteiger partial charge in [-0.25, -0.2) is 0 Å². The van der Waals surface area contributed by atoms with Crippen molar-refractivity contribution in [1.29, 1.82) is 0 Å². The standard InChI is InChI=1S/C12H20N2O/c1-8-4-5-12(15-3)10(6-8)11(14)7-9(2)13/h4-6,9,11H,7,13-14H2,1-3H3. The average Bonchev–Trinajstić information content (AvgIpc) is 2.16. The highest BCUT2D eigenvalue weighted by atomic mass is 16.5. The van der Waals surface area contributed by atoms with E-state index in [9.17, 15) is 0 Å². The molecule has 3 heteroatoms. The van der Waals surface area contributed by atoms with Gasteiger partial charge in [0.1, 0.15) is 5.75 Å². The summed E-state index contributed by atoms with van der Waals surface area (Å²) in [5.74, 6) is 0.841. The van der Waals surface area contributed by atoms with Crippen LogP contribution in [0.5, 0.6) is 5.75 Å². The number of hydrogen-bond acceptors (Lipinski definition) is 3. The lowest BCUT2D eigenvalue weighted by Crippen LogP contribution is -2.23. The molecule has 0 heterocycles. The highest BCUT2D eigenvalue weighted by molar-refractivity contribution is 5.39. The van der Waals surface area contributed by atoms with E-state index >= 15 is 0 Å². The number of rotatable bonds is 4. The molecule has 0 spiro atoms. The van der Waals surface area contributed by atoms with Gasteiger partial charge in [-0.3, -0.25) is 0 Å². The quantitative estimate of drug-likeness (QED) is 0.792. The average molecular weight is 208 g/mol. The maximum absolute atomic E-state index is 6.08. The Morgan fingerprint density at radius 1 is 1.33 bits per heavy atom. The van der Waals surface area contributed by atoms with Crippen LogP contribution >= 0.6 is 0 Å². The molecule has 1 aromatic rings. The van der Waals surface area contributed by atoms with Gasteiger partial charge >= 0.3 is 0 Å². The normalized spacial score (nSPS) is 14.7. The van der Waals surface area contributed by atoms with E-state index in [0.29, 0.717) is 0 Å². The minimum absolute atomic E-state index is 0.0557. The maximum Gasteiger partial charge on any atom is 0.123 e. The van der Waals surface area contributed by atoms with Crippen molar-refractivity contribution < 1.29 is 4.74 Å². The van der Waals surface area contributed by atoms with Gasteiger partial charge in [-0.2, -0.15) is 0 Å². The minimum atomic E-state index is -0.0557. The first-order chi connectivity index (χ1) is 7.04. The second-order valence-electron chi connectivity index (χ2n) is 4.06. The van der Waals surface area contributed by atoms with E-state index < -0.39 is 0 Å². The molecule has 84 valence electrons. The molecule has 0 aromatic heterocycles. The van der Waals surface area contributed by atoms with E-state index in [-0.39, 0.29) is 12.1 Å². The summed E-state index contributed by atoms with van der Waals surface area (Å²) in [6.45, 7) is 4.00. The predicted molar refractivity (Wildman–Crippen MR) is 62.9 cm³/mol. The van der Waals surface area contributed by atoms with Crippen molar-refractivity contribution in [2.75, 3.05) is 7.11 Å². The third kappa shape index (κ3) is 3.22. The number of methoxy groups -OCH3 is 1.